The van der Waals surface area contributed by atoms with Crippen molar-refractivity contribution in [2.45, 2.75) is 26.7 Å². The molecule has 1 aliphatic heterocycles. The highest BCUT2D eigenvalue weighted by Gasteiger charge is 2.34. The Balaban J connectivity index is 0.00000312. The van der Waals surface area contributed by atoms with Gasteiger partial charge in [0.2, 0.25) is 0 Å². The van der Waals surface area contributed by atoms with Crippen molar-refractivity contribution in [1.82, 2.24) is 15.5 Å². The van der Waals surface area contributed by atoms with Crippen LogP contribution in [0.3, 0.4) is 0 Å². The van der Waals surface area contributed by atoms with Crippen molar-refractivity contribution in [3.05, 3.63) is 35.4 Å². The monoisotopic (exact) mass is 458 g/mol. The lowest BCUT2D eigenvalue weighted by atomic mass is 10.0. The van der Waals surface area contributed by atoms with Crippen LogP contribution in [0.2, 0.25) is 0 Å². The number of benzene rings is 1. The number of aliphatic imine (C=N–C) groups is 1. The molecular formula is C18H27IN4O2. The summed E-state index contributed by atoms with van der Waals surface area (Å²) >= 11 is 0. The van der Waals surface area contributed by atoms with E-state index in [2.05, 4.69) is 29.5 Å². The van der Waals surface area contributed by atoms with Gasteiger partial charge in [-0.15, -0.1) is 24.0 Å². The van der Waals surface area contributed by atoms with Gasteiger partial charge in [0.05, 0.1) is 11.1 Å². The van der Waals surface area contributed by atoms with Gasteiger partial charge in [-0.1, -0.05) is 38.8 Å². The molecule has 0 saturated heterocycles. The van der Waals surface area contributed by atoms with Crippen molar-refractivity contribution in [3.8, 4) is 0 Å². The number of carbonyl (C=O) groups is 2. The number of hydrogen-bond donors (Lipinski definition) is 2. The lowest BCUT2D eigenvalue weighted by molar-refractivity contribution is 0.0657. The van der Waals surface area contributed by atoms with Gasteiger partial charge < -0.3 is 10.6 Å². The number of guanidine groups is 1. The van der Waals surface area contributed by atoms with Crippen LogP contribution in [0.15, 0.2) is 29.3 Å². The van der Waals surface area contributed by atoms with Crippen LogP contribution in [0.4, 0.5) is 0 Å². The average molecular weight is 458 g/mol. The lowest BCUT2D eigenvalue weighted by Crippen LogP contribution is -2.44. The molecule has 2 N–H and O–H groups in total. The van der Waals surface area contributed by atoms with Crippen LogP contribution in [0.5, 0.6) is 0 Å². The van der Waals surface area contributed by atoms with Crippen LogP contribution in [0.25, 0.3) is 0 Å². The Morgan fingerprint density at radius 2 is 1.64 bits per heavy atom. The molecule has 1 aromatic rings. The summed E-state index contributed by atoms with van der Waals surface area (Å²) in [4.78, 5) is 30.0. The van der Waals surface area contributed by atoms with E-state index in [9.17, 15) is 9.59 Å². The quantitative estimate of drug-likeness (QED) is 0.285. The fourth-order valence-electron chi connectivity index (χ4n) is 2.77. The lowest BCUT2D eigenvalue weighted by Gasteiger charge is -2.18. The summed E-state index contributed by atoms with van der Waals surface area (Å²) in [6.07, 6.45) is 2.24. The zero-order valence-corrected chi connectivity index (χ0v) is 17.4. The standard InChI is InChI=1S/C18H26N4O2.HI/c1-4-13(5-2)12-21-18(19-3)20-10-11-22-16(23)14-8-6-7-9-15(14)17(22)24;/h6-9,13H,4-5,10-12H2,1-3H3,(H2,19,20,21);1H. The van der Waals surface area contributed by atoms with E-state index in [0.717, 1.165) is 19.4 Å². The minimum Gasteiger partial charge on any atom is -0.356 e. The Kier molecular flexibility index (Phi) is 8.88. The van der Waals surface area contributed by atoms with Crippen molar-refractivity contribution in [2.24, 2.45) is 10.9 Å². The van der Waals surface area contributed by atoms with Crippen molar-refractivity contribution in [1.29, 1.82) is 0 Å². The van der Waals surface area contributed by atoms with Crippen molar-refractivity contribution >= 4 is 41.8 Å². The number of carbonyl (C=O) groups excluding carboxylic acids is 2. The fourth-order valence-corrected chi connectivity index (χ4v) is 2.77. The topological polar surface area (TPSA) is 73.8 Å². The van der Waals surface area contributed by atoms with Crippen molar-refractivity contribution in [2.75, 3.05) is 26.7 Å². The van der Waals surface area contributed by atoms with E-state index < -0.39 is 0 Å². The third-order valence-electron chi connectivity index (χ3n) is 4.44. The molecule has 0 aliphatic carbocycles. The van der Waals surface area contributed by atoms with Gasteiger partial charge in [0.25, 0.3) is 11.8 Å². The highest BCUT2D eigenvalue weighted by molar-refractivity contribution is 14.0. The maximum atomic E-state index is 12.3. The molecule has 1 aromatic carbocycles. The van der Waals surface area contributed by atoms with Gasteiger partial charge in [-0.3, -0.25) is 19.5 Å². The predicted octanol–water partition coefficient (Wildman–Crippen LogP) is 2.50. The fraction of sp³-hybridized carbons (Fsp3) is 0.500. The zero-order chi connectivity index (χ0) is 17.5. The largest absolute Gasteiger partial charge is 0.356 e. The molecule has 0 saturated carbocycles. The number of halogens is 1. The van der Waals surface area contributed by atoms with E-state index in [1.165, 1.54) is 4.90 Å². The molecule has 25 heavy (non-hydrogen) atoms. The first kappa shape index (κ1) is 21.4. The molecule has 0 fully saturated rings. The summed E-state index contributed by atoms with van der Waals surface area (Å²) in [6.45, 7) is 5.99. The summed E-state index contributed by atoms with van der Waals surface area (Å²) in [5.74, 6) is 0.855. The molecule has 2 amide bonds. The maximum Gasteiger partial charge on any atom is 0.261 e. The van der Waals surface area contributed by atoms with E-state index >= 15 is 0 Å². The molecule has 6 nitrogen and oxygen atoms in total. The second-order valence-electron chi connectivity index (χ2n) is 5.87. The van der Waals surface area contributed by atoms with Gasteiger partial charge in [0, 0.05) is 26.7 Å². The highest BCUT2D eigenvalue weighted by atomic mass is 127. The number of hydrogen-bond acceptors (Lipinski definition) is 3. The summed E-state index contributed by atoms with van der Waals surface area (Å²) in [7, 11) is 1.71. The van der Waals surface area contributed by atoms with Gasteiger partial charge in [-0.2, -0.15) is 0 Å². The number of rotatable bonds is 7. The van der Waals surface area contributed by atoms with Crippen LogP contribution in [-0.4, -0.2) is 49.4 Å². The first-order valence-electron chi connectivity index (χ1n) is 8.52. The van der Waals surface area contributed by atoms with E-state index in [4.69, 9.17) is 0 Å². The van der Waals surface area contributed by atoms with E-state index in [1.54, 1.807) is 31.3 Å². The van der Waals surface area contributed by atoms with Gasteiger partial charge >= 0.3 is 0 Å². The summed E-state index contributed by atoms with van der Waals surface area (Å²) in [5.41, 5.74) is 0.970. The first-order chi connectivity index (χ1) is 11.6. The Morgan fingerprint density at radius 3 is 2.12 bits per heavy atom. The maximum absolute atomic E-state index is 12.3. The van der Waals surface area contributed by atoms with Crippen LogP contribution in [-0.2, 0) is 0 Å². The molecular weight excluding hydrogens is 431 g/mol. The van der Waals surface area contributed by atoms with Gasteiger partial charge in [-0.25, -0.2) is 0 Å². The third kappa shape index (κ3) is 5.17. The summed E-state index contributed by atoms with van der Waals surface area (Å²) in [5, 5.41) is 6.45. The van der Waals surface area contributed by atoms with E-state index in [-0.39, 0.29) is 35.8 Å². The highest BCUT2D eigenvalue weighted by Crippen LogP contribution is 2.21. The number of fused-ring (bicyclic) bond motifs is 1. The van der Waals surface area contributed by atoms with Gasteiger partial charge in [-0.05, 0) is 18.1 Å². The molecule has 1 aliphatic rings. The minimum atomic E-state index is -0.225. The Morgan fingerprint density at radius 1 is 1.08 bits per heavy atom. The zero-order valence-electron chi connectivity index (χ0n) is 15.0. The van der Waals surface area contributed by atoms with Crippen LogP contribution in [0.1, 0.15) is 47.4 Å². The molecule has 7 heteroatoms. The molecule has 0 bridgehead atoms. The number of imide groups is 1. The number of nitrogens with one attached hydrogen (secondary N) is 2. The van der Waals surface area contributed by atoms with Crippen molar-refractivity contribution < 1.29 is 9.59 Å². The number of nitrogens with zero attached hydrogens (tertiary/aromatic N) is 2. The third-order valence-corrected chi connectivity index (χ3v) is 4.44. The predicted molar refractivity (Wildman–Crippen MR) is 111 cm³/mol. The van der Waals surface area contributed by atoms with Crippen molar-refractivity contribution in [3.63, 3.8) is 0 Å². The first-order valence-corrected chi connectivity index (χ1v) is 8.52. The molecule has 0 aromatic heterocycles. The Bertz CT molecular complexity index is 594. The minimum absolute atomic E-state index is 0. The molecule has 1 heterocycles. The molecule has 138 valence electrons. The SMILES string of the molecule is CCC(CC)CNC(=NC)NCCN1C(=O)c2ccccc2C1=O.I. The van der Waals surface area contributed by atoms with Gasteiger partial charge in [0.1, 0.15) is 0 Å². The molecule has 0 spiro atoms. The van der Waals surface area contributed by atoms with E-state index in [0.29, 0.717) is 36.1 Å². The molecule has 0 radical (unpaired) electrons. The normalized spacial score (nSPS) is 13.8. The molecule has 0 atom stereocenters. The van der Waals surface area contributed by atoms with Crippen LogP contribution in [0, 0.1) is 5.92 Å². The second kappa shape index (κ2) is 10.4. The number of amides is 2. The smallest absolute Gasteiger partial charge is 0.261 e. The Labute approximate surface area is 166 Å². The van der Waals surface area contributed by atoms with Gasteiger partial charge in [0.15, 0.2) is 5.96 Å². The Hall–Kier alpha value is -1.64. The van der Waals surface area contributed by atoms with Crippen LogP contribution < -0.4 is 10.6 Å². The summed E-state index contributed by atoms with van der Waals surface area (Å²) in [6, 6.07) is 6.93. The second-order valence-corrected chi connectivity index (χ2v) is 5.87. The molecule has 0 unspecified atom stereocenters. The molecule has 2 rings (SSSR count). The summed E-state index contributed by atoms with van der Waals surface area (Å²) < 4.78 is 0. The van der Waals surface area contributed by atoms with E-state index in [1.807, 2.05) is 0 Å². The van der Waals surface area contributed by atoms with Crippen LogP contribution >= 0.6 is 24.0 Å². The average Bonchev–Trinajstić information content (AvgIpc) is 2.86.